The molecular formula is C37H74O10. The topological polar surface area (TPSA) is 174 Å². The number of carboxylic acids is 2. The summed E-state index contributed by atoms with van der Waals surface area (Å²) < 4.78 is 10.5. The van der Waals surface area contributed by atoms with Crippen molar-refractivity contribution in [1.29, 1.82) is 0 Å². The molecule has 0 aliphatic carbocycles. The Kier molecular flexibility index (Phi) is 220. The molecule has 0 amide bonds. The van der Waals surface area contributed by atoms with E-state index in [1.807, 2.05) is 6.92 Å². The van der Waals surface area contributed by atoms with E-state index in [2.05, 4.69) is 132 Å². The highest BCUT2D eigenvalue weighted by atomic mass is 16.5. The first kappa shape index (κ1) is 84.2. The second kappa shape index (κ2) is 123. The average molecular weight is 679 g/mol. The molecule has 3 atom stereocenters. The van der Waals surface area contributed by atoms with E-state index in [-0.39, 0.29) is 43.2 Å². The van der Waals surface area contributed by atoms with Crippen LogP contribution in [0.5, 0.6) is 0 Å². The van der Waals surface area contributed by atoms with Gasteiger partial charge in [0.15, 0.2) is 0 Å². The van der Waals surface area contributed by atoms with Gasteiger partial charge in [0.1, 0.15) is 0 Å². The lowest BCUT2D eigenvalue weighted by atomic mass is 10.4. The lowest BCUT2D eigenvalue weighted by Gasteiger charge is -2.16. The van der Waals surface area contributed by atoms with Gasteiger partial charge < -0.3 is 40.1 Å². The Bertz CT molecular complexity index is 489. The van der Waals surface area contributed by atoms with Gasteiger partial charge in [0.2, 0.25) is 0 Å². The molecule has 47 heavy (non-hydrogen) atoms. The van der Waals surface area contributed by atoms with Gasteiger partial charge in [-0.05, 0) is 34.6 Å². The van der Waals surface area contributed by atoms with Crippen LogP contribution in [0.15, 0.2) is 143 Å². The maximum Gasteiger partial charge on any atom is 0.330 e. The average Bonchev–Trinajstić information content (AvgIpc) is 3.14. The summed E-state index contributed by atoms with van der Waals surface area (Å²) in [6.07, 6.45) is -0.654. The minimum Gasteiger partial charge on any atom is -0.478 e. The zero-order valence-electron chi connectivity index (χ0n) is 30.7. The number of carboxylic acid groups (broad SMARTS) is 2. The molecule has 0 rings (SSSR count). The van der Waals surface area contributed by atoms with Crippen molar-refractivity contribution in [2.45, 2.75) is 52.9 Å². The van der Waals surface area contributed by atoms with Gasteiger partial charge in [-0.25, -0.2) is 9.59 Å². The molecule has 0 radical (unpaired) electrons. The lowest BCUT2D eigenvalue weighted by molar-refractivity contribution is -0.133. The maximum atomic E-state index is 9.60. The summed E-state index contributed by atoms with van der Waals surface area (Å²) in [7, 11) is 0. The van der Waals surface area contributed by atoms with Crippen molar-refractivity contribution in [2.75, 3.05) is 33.0 Å². The highest BCUT2D eigenvalue weighted by molar-refractivity contribution is 5.85. The quantitative estimate of drug-likeness (QED) is 0.0994. The Labute approximate surface area is 290 Å². The largest absolute Gasteiger partial charge is 0.478 e. The molecule has 10 heteroatoms. The molecule has 0 spiro atoms. The number of hydrogen-bond acceptors (Lipinski definition) is 8. The Morgan fingerprint density at radius 1 is 0.511 bits per heavy atom. The van der Waals surface area contributed by atoms with Crippen molar-refractivity contribution >= 4 is 11.9 Å². The van der Waals surface area contributed by atoms with Crippen LogP contribution in [0.4, 0.5) is 0 Å². The molecule has 0 aromatic carbocycles. The first-order valence-corrected chi connectivity index (χ1v) is 13.3. The van der Waals surface area contributed by atoms with Crippen molar-refractivity contribution in [3.63, 3.8) is 0 Å². The number of ether oxygens (including phenoxy) is 2. The summed E-state index contributed by atoms with van der Waals surface area (Å²) in [6, 6.07) is 0. The third-order valence-electron chi connectivity index (χ3n) is 2.32. The molecule has 0 bridgehead atoms. The van der Waals surface area contributed by atoms with Crippen LogP contribution in [-0.2, 0) is 19.1 Å². The number of aliphatic hydroxyl groups is 4. The highest BCUT2D eigenvalue weighted by Gasteiger charge is 2.07. The molecule has 0 heterocycles. The molecule has 282 valence electrons. The number of hydrogen-bond donors (Lipinski definition) is 6. The monoisotopic (exact) mass is 679 g/mol. The van der Waals surface area contributed by atoms with Crippen LogP contribution in [0.3, 0.4) is 0 Å². The molecular weight excluding hydrogens is 604 g/mol. The molecule has 6 N–H and O–H groups in total. The van der Waals surface area contributed by atoms with Gasteiger partial charge in [-0.2, -0.15) is 0 Å². The van der Waals surface area contributed by atoms with Gasteiger partial charge >= 0.3 is 11.9 Å². The highest BCUT2D eigenvalue weighted by Crippen LogP contribution is 1.97. The Balaban J connectivity index is -0.0000000268. The van der Waals surface area contributed by atoms with E-state index in [0.29, 0.717) is 13.2 Å². The molecule has 3 unspecified atom stereocenters. The zero-order valence-corrected chi connectivity index (χ0v) is 30.7. The van der Waals surface area contributed by atoms with E-state index in [4.69, 9.17) is 40.1 Å². The third-order valence-corrected chi connectivity index (χ3v) is 2.32. The van der Waals surface area contributed by atoms with Crippen LogP contribution in [0.2, 0.25) is 0 Å². The normalized spacial score (nSPS) is 8.36. The number of carbonyl (C=O) groups is 2. The van der Waals surface area contributed by atoms with E-state index in [9.17, 15) is 9.59 Å². The minimum atomic E-state index is -0.935. The Hall–Kier alpha value is -4.16. The fraction of sp³-hybridized carbons (Fsp3) is 0.351. The van der Waals surface area contributed by atoms with Crippen LogP contribution >= 0.6 is 0 Å². The Morgan fingerprint density at radius 3 is 0.830 bits per heavy atom. The van der Waals surface area contributed by atoms with Gasteiger partial charge in [0.05, 0.1) is 51.3 Å². The van der Waals surface area contributed by atoms with Crippen LogP contribution in [0, 0.1) is 0 Å². The molecule has 0 fully saturated rings. The maximum absolute atomic E-state index is 9.60. The van der Waals surface area contributed by atoms with Gasteiger partial charge in [-0.1, -0.05) is 13.2 Å². The minimum absolute atomic E-state index is 0.0170. The first-order valence-electron chi connectivity index (χ1n) is 13.3. The summed E-state index contributed by atoms with van der Waals surface area (Å²) in [4.78, 5) is 19.2. The second-order valence-corrected chi connectivity index (χ2v) is 5.94. The van der Waals surface area contributed by atoms with Gasteiger partial charge in [-0.3, -0.25) is 0 Å². The predicted molar refractivity (Wildman–Crippen MR) is 210 cm³/mol. The molecule has 0 aliphatic rings. The summed E-state index contributed by atoms with van der Waals surface area (Å²) in [5, 5.41) is 48.6. The second-order valence-electron chi connectivity index (χ2n) is 5.94. The van der Waals surface area contributed by atoms with E-state index < -0.39 is 18.0 Å². The summed E-state index contributed by atoms with van der Waals surface area (Å²) >= 11 is 0. The molecule has 0 aromatic heterocycles. The van der Waals surface area contributed by atoms with Crippen LogP contribution in [0.1, 0.15) is 34.6 Å². The zero-order chi connectivity index (χ0) is 42.0. The predicted octanol–water partition coefficient (Wildman–Crippen LogP) is 7.65. The number of rotatable bonds is 10. The van der Waals surface area contributed by atoms with Crippen molar-refractivity contribution in [3.8, 4) is 0 Å². The van der Waals surface area contributed by atoms with Crippen LogP contribution in [0.25, 0.3) is 0 Å². The smallest absolute Gasteiger partial charge is 0.330 e. The molecule has 0 aliphatic heterocycles. The standard InChI is InChI=1S/C9H20O4.2C4H6O2.C2H6O2.9C2H4/c1-7(11)5-12-9(3)6-13-8(2)4-10;2*1-3(2)4(5)6;3-1-2-4;9*1-2/h7-11H,4-6H2,1-3H3;2*1H2,2H3,(H,5,6);3-4H,1-2H2;9*1-2H2. The summed E-state index contributed by atoms with van der Waals surface area (Å²) in [5.41, 5.74) is 0.352. The van der Waals surface area contributed by atoms with E-state index >= 15 is 0 Å². The molecule has 0 saturated carbocycles. The van der Waals surface area contributed by atoms with Crippen molar-refractivity contribution in [1.82, 2.24) is 0 Å². The van der Waals surface area contributed by atoms with Crippen LogP contribution < -0.4 is 0 Å². The third kappa shape index (κ3) is 234. The molecule has 10 nitrogen and oxygen atoms in total. The van der Waals surface area contributed by atoms with Crippen molar-refractivity contribution < 1.29 is 49.7 Å². The summed E-state index contributed by atoms with van der Waals surface area (Å²) in [5.74, 6) is -1.87. The van der Waals surface area contributed by atoms with E-state index in [1.165, 1.54) is 13.8 Å². The van der Waals surface area contributed by atoms with Gasteiger partial charge in [0, 0.05) is 11.1 Å². The van der Waals surface area contributed by atoms with Crippen molar-refractivity contribution in [3.05, 3.63) is 143 Å². The molecule has 0 saturated heterocycles. The number of aliphatic hydroxyl groups excluding tert-OH is 4. The number of aliphatic carboxylic acids is 2. The molecule has 0 aromatic rings. The fourth-order valence-electron chi connectivity index (χ4n) is 0.704. The Morgan fingerprint density at radius 2 is 0.702 bits per heavy atom. The SMILES string of the molecule is C=C.C=C.C=C.C=C.C=C.C=C.C=C.C=C.C=C.C=C(C)C(=O)O.C=C(C)C(=O)O.CC(O)COC(C)COC(C)CO.OCCO. The van der Waals surface area contributed by atoms with Crippen LogP contribution in [-0.4, -0.2) is 93.9 Å². The lowest BCUT2D eigenvalue weighted by Crippen LogP contribution is -2.24. The fourth-order valence-corrected chi connectivity index (χ4v) is 0.704. The van der Waals surface area contributed by atoms with E-state index in [1.54, 1.807) is 13.8 Å². The summed E-state index contributed by atoms with van der Waals surface area (Å²) in [6.45, 7) is 69.1. The van der Waals surface area contributed by atoms with Gasteiger partial charge in [-0.15, -0.1) is 118 Å². The van der Waals surface area contributed by atoms with Gasteiger partial charge in [0.25, 0.3) is 0 Å². The van der Waals surface area contributed by atoms with Crippen molar-refractivity contribution in [2.24, 2.45) is 0 Å². The van der Waals surface area contributed by atoms with E-state index in [0.717, 1.165) is 0 Å². The first-order chi connectivity index (χ1) is 22.3.